The first kappa shape index (κ1) is 12.1. The molecule has 1 N–H and O–H groups in total. The van der Waals surface area contributed by atoms with Crippen molar-refractivity contribution >= 4 is 11.3 Å². The van der Waals surface area contributed by atoms with Crippen LogP contribution in [0.25, 0.3) is 0 Å². The summed E-state index contributed by atoms with van der Waals surface area (Å²) in [6, 6.07) is 2.83. The summed E-state index contributed by atoms with van der Waals surface area (Å²) in [5.74, 6) is 0. The Kier molecular flexibility index (Phi) is 3.67. The fourth-order valence-electron chi connectivity index (χ4n) is 1.98. The molecule has 0 spiro atoms. The van der Waals surface area contributed by atoms with Crippen molar-refractivity contribution in [1.82, 2.24) is 5.32 Å². The first-order valence-electron chi connectivity index (χ1n) is 5.95. The van der Waals surface area contributed by atoms with Gasteiger partial charge in [-0.05, 0) is 56.0 Å². The van der Waals surface area contributed by atoms with Crippen LogP contribution in [0.1, 0.15) is 39.2 Å². The van der Waals surface area contributed by atoms with E-state index in [0.717, 1.165) is 19.4 Å². The van der Waals surface area contributed by atoms with Crippen LogP contribution in [0, 0.1) is 0 Å². The van der Waals surface area contributed by atoms with Crippen molar-refractivity contribution in [3.63, 3.8) is 0 Å². The molecule has 0 aromatic carbocycles. The van der Waals surface area contributed by atoms with Gasteiger partial charge in [0.2, 0.25) is 0 Å². The van der Waals surface area contributed by atoms with Crippen LogP contribution in [-0.2, 0) is 11.3 Å². The van der Waals surface area contributed by atoms with E-state index in [0.29, 0.717) is 12.1 Å². The minimum Gasteiger partial charge on any atom is -0.373 e. The van der Waals surface area contributed by atoms with Gasteiger partial charge in [-0.2, -0.15) is 11.3 Å². The molecule has 2 rings (SSSR count). The number of hydrogen-bond acceptors (Lipinski definition) is 3. The molecular formula is C13H21NOS. The molecule has 16 heavy (non-hydrogen) atoms. The Labute approximate surface area is 102 Å². The molecule has 0 saturated heterocycles. The lowest BCUT2D eigenvalue weighted by Gasteiger charge is -2.39. The molecule has 3 heteroatoms. The second-order valence-corrected chi connectivity index (χ2v) is 6.31. The standard InChI is InChI=1S/C13H21NOS/c1-13(2,3)15-12-6-11(7-12)14-8-10-4-5-16-9-10/h4-5,9,11-12,14H,6-8H2,1-3H3. The second-order valence-electron chi connectivity index (χ2n) is 5.53. The monoisotopic (exact) mass is 239 g/mol. The van der Waals surface area contributed by atoms with Crippen LogP contribution in [0.2, 0.25) is 0 Å². The quantitative estimate of drug-likeness (QED) is 0.871. The molecule has 1 aromatic rings. The molecule has 0 atom stereocenters. The van der Waals surface area contributed by atoms with E-state index >= 15 is 0 Å². The maximum absolute atomic E-state index is 5.90. The Balaban J connectivity index is 1.62. The normalized spacial score (nSPS) is 25.4. The van der Waals surface area contributed by atoms with E-state index in [1.54, 1.807) is 11.3 Å². The smallest absolute Gasteiger partial charge is 0.0612 e. The van der Waals surface area contributed by atoms with Gasteiger partial charge in [-0.1, -0.05) is 0 Å². The summed E-state index contributed by atoms with van der Waals surface area (Å²) in [6.07, 6.45) is 2.77. The summed E-state index contributed by atoms with van der Waals surface area (Å²) in [7, 11) is 0. The van der Waals surface area contributed by atoms with Crippen molar-refractivity contribution in [3.8, 4) is 0 Å². The average molecular weight is 239 g/mol. The lowest BCUT2D eigenvalue weighted by Crippen LogP contribution is -2.47. The highest BCUT2D eigenvalue weighted by Crippen LogP contribution is 2.27. The maximum Gasteiger partial charge on any atom is 0.0612 e. The zero-order chi connectivity index (χ0) is 11.6. The number of nitrogens with one attached hydrogen (secondary N) is 1. The minimum absolute atomic E-state index is 0.00297. The highest BCUT2D eigenvalue weighted by Gasteiger charge is 2.32. The third kappa shape index (κ3) is 3.58. The summed E-state index contributed by atoms with van der Waals surface area (Å²) >= 11 is 1.76. The Morgan fingerprint density at radius 1 is 1.44 bits per heavy atom. The molecule has 1 aliphatic rings. The highest BCUT2D eigenvalue weighted by molar-refractivity contribution is 7.07. The minimum atomic E-state index is 0.00297. The van der Waals surface area contributed by atoms with Crippen LogP contribution in [-0.4, -0.2) is 17.7 Å². The predicted molar refractivity (Wildman–Crippen MR) is 68.8 cm³/mol. The molecule has 90 valence electrons. The van der Waals surface area contributed by atoms with Crippen LogP contribution < -0.4 is 5.32 Å². The van der Waals surface area contributed by atoms with E-state index in [2.05, 4.69) is 42.9 Å². The van der Waals surface area contributed by atoms with Crippen LogP contribution in [0.15, 0.2) is 16.8 Å². The third-order valence-electron chi connectivity index (χ3n) is 2.79. The van der Waals surface area contributed by atoms with Gasteiger partial charge in [-0.25, -0.2) is 0 Å². The second kappa shape index (κ2) is 4.86. The topological polar surface area (TPSA) is 21.3 Å². The van der Waals surface area contributed by atoms with E-state index in [9.17, 15) is 0 Å². The van der Waals surface area contributed by atoms with Gasteiger partial charge in [0.25, 0.3) is 0 Å². The molecule has 1 aromatic heterocycles. The van der Waals surface area contributed by atoms with E-state index in [-0.39, 0.29) is 5.60 Å². The number of rotatable bonds is 4. The van der Waals surface area contributed by atoms with Gasteiger partial charge in [-0.15, -0.1) is 0 Å². The highest BCUT2D eigenvalue weighted by atomic mass is 32.1. The fourth-order valence-corrected chi connectivity index (χ4v) is 2.65. The molecular weight excluding hydrogens is 218 g/mol. The van der Waals surface area contributed by atoms with Crippen molar-refractivity contribution in [1.29, 1.82) is 0 Å². The van der Waals surface area contributed by atoms with Gasteiger partial charge < -0.3 is 10.1 Å². The molecule has 0 unspecified atom stereocenters. The Bertz CT molecular complexity index is 309. The predicted octanol–water partition coefficient (Wildman–Crippen LogP) is 3.18. The molecule has 0 aliphatic heterocycles. The van der Waals surface area contributed by atoms with Crippen molar-refractivity contribution < 1.29 is 4.74 Å². The Morgan fingerprint density at radius 2 is 2.19 bits per heavy atom. The molecule has 1 fully saturated rings. The molecule has 1 heterocycles. The van der Waals surface area contributed by atoms with Gasteiger partial charge in [-0.3, -0.25) is 0 Å². The van der Waals surface area contributed by atoms with Gasteiger partial charge in [0.15, 0.2) is 0 Å². The van der Waals surface area contributed by atoms with Crippen molar-refractivity contribution in [2.75, 3.05) is 0 Å². The zero-order valence-corrected chi connectivity index (χ0v) is 11.1. The van der Waals surface area contributed by atoms with Crippen LogP contribution in [0.4, 0.5) is 0 Å². The summed E-state index contributed by atoms with van der Waals surface area (Å²) < 4.78 is 5.90. The molecule has 0 bridgehead atoms. The largest absolute Gasteiger partial charge is 0.373 e. The third-order valence-corrected chi connectivity index (χ3v) is 3.52. The Morgan fingerprint density at radius 3 is 2.75 bits per heavy atom. The van der Waals surface area contributed by atoms with Crippen molar-refractivity contribution in [3.05, 3.63) is 22.4 Å². The van der Waals surface area contributed by atoms with Gasteiger partial charge in [0.1, 0.15) is 0 Å². The zero-order valence-electron chi connectivity index (χ0n) is 10.3. The van der Waals surface area contributed by atoms with Crippen molar-refractivity contribution in [2.24, 2.45) is 0 Å². The lowest BCUT2D eigenvalue weighted by atomic mass is 9.88. The molecule has 2 nitrogen and oxygen atoms in total. The van der Waals surface area contributed by atoms with Crippen LogP contribution in [0.5, 0.6) is 0 Å². The van der Waals surface area contributed by atoms with Crippen LogP contribution in [0.3, 0.4) is 0 Å². The van der Waals surface area contributed by atoms with Gasteiger partial charge >= 0.3 is 0 Å². The van der Waals surface area contributed by atoms with Crippen molar-refractivity contribution in [2.45, 2.75) is 57.9 Å². The first-order valence-corrected chi connectivity index (χ1v) is 6.89. The first-order chi connectivity index (χ1) is 7.53. The van der Waals surface area contributed by atoms with Gasteiger partial charge in [0.05, 0.1) is 11.7 Å². The maximum atomic E-state index is 5.90. The Hall–Kier alpha value is -0.380. The molecule has 1 aliphatic carbocycles. The lowest BCUT2D eigenvalue weighted by molar-refractivity contribution is -0.102. The average Bonchev–Trinajstić information content (AvgIpc) is 2.59. The van der Waals surface area contributed by atoms with E-state index in [1.807, 2.05) is 0 Å². The number of thiophene rings is 1. The van der Waals surface area contributed by atoms with E-state index in [4.69, 9.17) is 4.74 Å². The fraction of sp³-hybridized carbons (Fsp3) is 0.692. The SMILES string of the molecule is CC(C)(C)OC1CC(NCc2ccsc2)C1. The molecule has 0 radical (unpaired) electrons. The van der Waals surface area contributed by atoms with E-state index < -0.39 is 0 Å². The number of ether oxygens (including phenoxy) is 1. The van der Waals surface area contributed by atoms with Gasteiger partial charge in [0, 0.05) is 12.6 Å². The number of hydrogen-bond donors (Lipinski definition) is 1. The summed E-state index contributed by atoms with van der Waals surface area (Å²) in [4.78, 5) is 0. The van der Waals surface area contributed by atoms with Crippen LogP contribution >= 0.6 is 11.3 Å². The summed E-state index contributed by atoms with van der Waals surface area (Å²) in [5, 5.41) is 7.90. The van der Waals surface area contributed by atoms with E-state index in [1.165, 1.54) is 5.56 Å². The molecule has 0 amide bonds. The summed E-state index contributed by atoms with van der Waals surface area (Å²) in [5.41, 5.74) is 1.40. The summed E-state index contributed by atoms with van der Waals surface area (Å²) in [6.45, 7) is 7.37. The molecule has 1 saturated carbocycles.